The third-order valence-corrected chi connectivity index (χ3v) is 6.37. The molecule has 1 aromatic carbocycles. The average molecular weight is 357 g/mol. The van der Waals surface area contributed by atoms with Gasteiger partial charge in [0.15, 0.2) is 0 Å². The van der Waals surface area contributed by atoms with Crippen molar-refractivity contribution in [2.45, 2.75) is 46.5 Å². The Balaban J connectivity index is 1.66. The summed E-state index contributed by atoms with van der Waals surface area (Å²) in [6.45, 7) is 8.48. The van der Waals surface area contributed by atoms with E-state index in [9.17, 15) is 4.79 Å². The van der Waals surface area contributed by atoms with Crippen LogP contribution in [0.4, 0.5) is 10.5 Å². The largest absolute Gasteiger partial charge is 0.497 e. The van der Waals surface area contributed by atoms with Crippen LogP contribution in [0.15, 0.2) is 35.9 Å². The van der Waals surface area contributed by atoms with E-state index in [4.69, 9.17) is 4.74 Å². The minimum absolute atomic E-state index is 0.0104. The van der Waals surface area contributed by atoms with Crippen LogP contribution in [0.3, 0.4) is 0 Å². The molecule has 2 amide bonds. The lowest BCUT2D eigenvalue weighted by Crippen LogP contribution is -2.50. The summed E-state index contributed by atoms with van der Waals surface area (Å²) in [6.07, 6.45) is 6.97. The summed E-state index contributed by atoms with van der Waals surface area (Å²) in [5, 5.41) is 3.04. The lowest BCUT2D eigenvalue weighted by molar-refractivity contribution is -0.00952. The van der Waals surface area contributed by atoms with Crippen molar-refractivity contribution >= 4 is 11.7 Å². The number of nitrogens with zero attached hydrogens (tertiary/aromatic N) is 1. The van der Waals surface area contributed by atoms with Crippen molar-refractivity contribution in [3.8, 4) is 5.75 Å². The zero-order chi connectivity index (χ0) is 18.7. The lowest BCUT2D eigenvalue weighted by atomic mass is 9.49. The Bertz CT molecular complexity index is 663. The molecule has 4 rings (SSSR count). The van der Waals surface area contributed by atoms with Gasteiger partial charge in [0.05, 0.1) is 7.11 Å². The molecule has 0 heterocycles. The highest BCUT2D eigenvalue weighted by Gasteiger charge is 2.51. The van der Waals surface area contributed by atoms with Crippen LogP contribution < -0.4 is 10.1 Å². The molecule has 1 fully saturated rings. The molecular weight excluding hydrogens is 324 g/mol. The lowest BCUT2D eigenvalue weighted by Gasteiger charge is -2.57. The summed E-state index contributed by atoms with van der Waals surface area (Å²) in [5.74, 6) is 2.26. The minimum atomic E-state index is -0.0104. The summed E-state index contributed by atoms with van der Waals surface area (Å²) in [7, 11) is 1.64. The van der Waals surface area contributed by atoms with E-state index in [2.05, 4.69) is 32.2 Å². The third-order valence-electron chi connectivity index (χ3n) is 6.37. The summed E-state index contributed by atoms with van der Waals surface area (Å²) in [6, 6.07) is 7.49. The van der Waals surface area contributed by atoms with Crippen LogP contribution in [0, 0.1) is 17.3 Å². The topological polar surface area (TPSA) is 41.6 Å². The van der Waals surface area contributed by atoms with Gasteiger partial charge in [0.1, 0.15) is 5.75 Å². The van der Waals surface area contributed by atoms with E-state index < -0.39 is 0 Å². The van der Waals surface area contributed by atoms with E-state index in [1.807, 2.05) is 29.2 Å². The summed E-state index contributed by atoms with van der Waals surface area (Å²) in [4.78, 5) is 14.9. The van der Waals surface area contributed by atoms with Gasteiger partial charge in [0.2, 0.25) is 0 Å². The van der Waals surface area contributed by atoms with Crippen LogP contribution >= 0.6 is 0 Å². The van der Waals surface area contributed by atoms with Crippen LogP contribution in [0.5, 0.6) is 5.75 Å². The van der Waals surface area contributed by atoms with Crippen molar-refractivity contribution in [3.63, 3.8) is 0 Å². The second-order valence-corrected chi connectivity index (χ2v) is 8.26. The van der Waals surface area contributed by atoms with E-state index >= 15 is 0 Å². The molecule has 2 atom stereocenters. The van der Waals surface area contributed by atoms with Crippen molar-refractivity contribution in [3.05, 3.63) is 35.9 Å². The van der Waals surface area contributed by atoms with Gasteiger partial charge in [-0.2, -0.15) is 0 Å². The molecule has 2 bridgehead atoms. The van der Waals surface area contributed by atoms with Gasteiger partial charge in [-0.1, -0.05) is 38.8 Å². The Kier molecular flexibility index (Phi) is 5.59. The standard InChI is InChI=1S/C22H32N2O2/c1-5-6-13-24(15-16-7-8-17-14-20(16)22(17,2)3)21(25)23-18-9-11-19(26-4)12-10-18/h7,9-12,17,20H,5-6,8,13-15H2,1-4H3,(H,23,25). The van der Waals surface area contributed by atoms with E-state index in [1.165, 1.54) is 18.4 Å². The number of nitrogens with one attached hydrogen (secondary N) is 1. The first-order valence-electron chi connectivity index (χ1n) is 9.84. The molecular formula is C22H32N2O2. The fourth-order valence-corrected chi connectivity index (χ4v) is 4.35. The van der Waals surface area contributed by atoms with Crippen molar-refractivity contribution < 1.29 is 9.53 Å². The number of unbranched alkanes of at least 4 members (excludes halogenated alkanes) is 1. The van der Waals surface area contributed by atoms with Crippen molar-refractivity contribution in [2.75, 3.05) is 25.5 Å². The predicted molar refractivity (Wildman–Crippen MR) is 107 cm³/mol. The molecule has 2 unspecified atom stereocenters. The number of ether oxygens (including phenoxy) is 1. The highest BCUT2D eigenvalue weighted by molar-refractivity contribution is 5.89. The Labute approximate surface area is 157 Å². The number of benzene rings is 1. The number of anilines is 1. The van der Waals surface area contributed by atoms with Crippen molar-refractivity contribution in [1.29, 1.82) is 0 Å². The van der Waals surface area contributed by atoms with Crippen LogP contribution in [-0.4, -0.2) is 31.1 Å². The SMILES string of the molecule is CCCCN(CC1=CCC2CC1C2(C)C)C(=O)Nc1ccc(OC)cc1. The van der Waals surface area contributed by atoms with Gasteiger partial charge in [0.25, 0.3) is 0 Å². The fraction of sp³-hybridized carbons (Fsp3) is 0.591. The molecule has 0 radical (unpaired) electrons. The zero-order valence-corrected chi connectivity index (χ0v) is 16.5. The van der Waals surface area contributed by atoms with Crippen molar-refractivity contribution in [2.24, 2.45) is 17.3 Å². The minimum Gasteiger partial charge on any atom is -0.497 e. The number of urea groups is 1. The van der Waals surface area contributed by atoms with Gasteiger partial charge >= 0.3 is 6.03 Å². The Hall–Kier alpha value is -1.97. The molecule has 0 saturated heterocycles. The first-order chi connectivity index (χ1) is 12.5. The maximum absolute atomic E-state index is 12.9. The summed E-state index contributed by atoms with van der Waals surface area (Å²) < 4.78 is 5.18. The van der Waals surface area contributed by atoms with Gasteiger partial charge in [0, 0.05) is 18.8 Å². The van der Waals surface area contributed by atoms with Gasteiger partial charge in [-0.05, 0) is 60.8 Å². The molecule has 3 aliphatic carbocycles. The number of fused-ring (bicyclic) bond motifs is 1. The number of rotatable bonds is 7. The quantitative estimate of drug-likeness (QED) is 0.672. The number of hydrogen-bond acceptors (Lipinski definition) is 2. The van der Waals surface area contributed by atoms with Crippen molar-refractivity contribution in [1.82, 2.24) is 4.90 Å². The number of methoxy groups -OCH3 is 1. The molecule has 0 aromatic heterocycles. The van der Waals surface area contributed by atoms with E-state index in [0.29, 0.717) is 11.3 Å². The smallest absolute Gasteiger partial charge is 0.322 e. The molecule has 142 valence electrons. The molecule has 1 aromatic rings. The van der Waals surface area contributed by atoms with E-state index in [0.717, 1.165) is 43.3 Å². The highest BCUT2D eigenvalue weighted by Crippen LogP contribution is 2.59. The second-order valence-electron chi connectivity index (χ2n) is 8.26. The number of carbonyl (C=O) groups excluding carboxylic acids is 1. The van der Waals surface area contributed by atoms with Crippen LogP contribution in [0.1, 0.15) is 46.5 Å². The van der Waals surface area contributed by atoms with Crippen LogP contribution in [0.25, 0.3) is 0 Å². The molecule has 4 nitrogen and oxygen atoms in total. The van der Waals surface area contributed by atoms with E-state index in [1.54, 1.807) is 7.11 Å². The zero-order valence-electron chi connectivity index (χ0n) is 16.5. The first-order valence-corrected chi connectivity index (χ1v) is 9.84. The summed E-state index contributed by atoms with van der Waals surface area (Å²) >= 11 is 0. The Morgan fingerprint density at radius 2 is 2.04 bits per heavy atom. The molecule has 0 spiro atoms. The van der Waals surface area contributed by atoms with Gasteiger partial charge in [-0.15, -0.1) is 0 Å². The maximum Gasteiger partial charge on any atom is 0.322 e. The number of allylic oxidation sites excluding steroid dienone is 1. The molecule has 4 heteroatoms. The Morgan fingerprint density at radius 1 is 1.31 bits per heavy atom. The maximum atomic E-state index is 12.9. The first kappa shape index (κ1) is 18.8. The molecule has 0 aliphatic heterocycles. The summed E-state index contributed by atoms with van der Waals surface area (Å²) in [5.41, 5.74) is 2.66. The normalized spacial score (nSPS) is 22.8. The molecule has 26 heavy (non-hydrogen) atoms. The third kappa shape index (κ3) is 3.74. The van der Waals surface area contributed by atoms with Gasteiger partial charge in [-0.25, -0.2) is 4.79 Å². The molecule has 3 aliphatic rings. The van der Waals surface area contributed by atoms with Gasteiger partial charge < -0.3 is 15.0 Å². The molecule has 1 N–H and O–H groups in total. The predicted octanol–water partition coefficient (Wildman–Crippen LogP) is 5.32. The number of amides is 2. The number of hydrogen-bond donors (Lipinski definition) is 1. The van der Waals surface area contributed by atoms with Crippen LogP contribution in [-0.2, 0) is 0 Å². The average Bonchev–Trinajstić information content (AvgIpc) is 2.65. The van der Waals surface area contributed by atoms with E-state index in [-0.39, 0.29) is 6.03 Å². The van der Waals surface area contributed by atoms with Gasteiger partial charge in [-0.3, -0.25) is 0 Å². The molecule has 1 saturated carbocycles. The second kappa shape index (κ2) is 7.73. The highest BCUT2D eigenvalue weighted by atomic mass is 16.5. The monoisotopic (exact) mass is 356 g/mol. The Morgan fingerprint density at radius 3 is 2.62 bits per heavy atom. The van der Waals surface area contributed by atoms with Crippen LogP contribution in [0.2, 0.25) is 0 Å². The fourth-order valence-electron chi connectivity index (χ4n) is 4.35. The number of carbonyl (C=O) groups is 1.